The first kappa shape index (κ1) is 25.0. The monoisotopic (exact) mass is 563 g/mol. The van der Waals surface area contributed by atoms with Gasteiger partial charge in [-0.05, 0) is 28.1 Å². The van der Waals surface area contributed by atoms with E-state index in [-0.39, 0.29) is 5.41 Å². The summed E-state index contributed by atoms with van der Waals surface area (Å²) in [4.78, 5) is 10.7. The number of nitrogens with zero attached hydrogens (tertiary/aromatic N) is 3. The minimum absolute atomic E-state index is 0.209. The van der Waals surface area contributed by atoms with Crippen molar-refractivity contribution in [2.75, 3.05) is 0 Å². The van der Waals surface area contributed by atoms with Crippen molar-refractivity contribution < 1.29 is 0 Å². The third-order valence-corrected chi connectivity index (χ3v) is 9.42. The second-order valence-electron chi connectivity index (χ2n) is 12.2. The largest absolute Gasteiger partial charge is 0.277 e. The van der Waals surface area contributed by atoms with Crippen LogP contribution in [-0.4, -0.2) is 14.5 Å². The molecular weight excluding hydrogens is 534 g/mol. The summed E-state index contributed by atoms with van der Waals surface area (Å²) in [5.41, 5.74) is 11.3. The molecule has 0 atom stereocenters. The zero-order chi connectivity index (χ0) is 29.4. The second kappa shape index (κ2) is 9.23. The highest BCUT2D eigenvalue weighted by Gasteiger charge is 2.36. The molecule has 0 amide bonds. The first-order valence-electron chi connectivity index (χ1n) is 15.2. The Bertz CT molecular complexity index is 2410. The van der Waals surface area contributed by atoms with Crippen LogP contribution >= 0.6 is 0 Å². The predicted molar refractivity (Wildman–Crippen MR) is 182 cm³/mol. The maximum Gasteiger partial charge on any atom is 0.235 e. The van der Waals surface area contributed by atoms with Crippen LogP contribution in [-0.2, 0) is 5.41 Å². The van der Waals surface area contributed by atoms with E-state index in [9.17, 15) is 0 Å². The maximum absolute atomic E-state index is 5.43. The summed E-state index contributed by atoms with van der Waals surface area (Å²) < 4.78 is 2.35. The van der Waals surface area contributed by atoms with Gasteiger partial charge in [-0.25, -0.2) is 9.97 Å². The summed E-state index contributed by atoms with van der Waals surface area (Å²) in [6, 6.07) is 49.8. The zero-order valence-corrected chi connectivity index (χ0v) is 24.6. The lowest BCUT2D eigenvalue weighted by Crippen LogP contribution is -2.20. The van der Waals surface area contributed by atoms with E-state index >= 15 is 0 Å². The number of hydrogen-bond donors (Lipinski definition) is 0. The van der Waals surface area contributed by atoms with Gasteiger partial charge in [-0.3, -0.25) is 4.57 Å². The SMILES string of the molecule is CC1(C)c2ccccc2-c2c(n(-c3nc(-c4ccccc4)c4ccccc4n3)c3c2ccc2ccccc23)-c2ccccc21. The lowest BCUT2D eigenvalue weighted by atomic mass is 9.75. The van der Waals surface area contributed by atoms with Crippen molar-refractivity contribution >= 4 is 32.6 Å². The third-order valence-electron chi connectivity index (χ3n) is 9.42. The molecule has 0 aliphatic heterocycles. The van der Waals surface area contributed by atoms with E-state index in [0.29, 0.717) is 5.95 Å². The van der Waals surface area contributed by atoms with Crippen LogP contribution < -0.4 is 0 Å². The minimum atomic E-state index is -0.209. The Balaban J connectivity index is 1.53. The van der Waals surface area contributed by atoms with Gasteiger partial charge in [-0.2, -0.15) is 0 Å². The van der Waals surface area contributed by atoms with E-state index in [0.717, 1.165) is 33.4 Å². The van der Waals surface area contributed by atoms with Gasteiger partial charge >= 0.3 is 0 Å². The van der Waals surface area contributed by atoms with E-state index in [1.807, 2.05) is 0 Å². The standard InChI is InChI=1S/C41H29N3/c1-41(2)33-21-11-8-18-29(33)36-32-25-24-26-14-6-7-17-28(26)38(32)44(39(36)30-19-9-12-22-34(30)41)40-42-35-23-13-10-20-31(35)37(43-40)27-15-4-3-5-16-27/h3-25H,1-2H3. The Morgan fingerprint density at radius 1 is 0.523 bits per heavy atom. The summed E-state index contributed by atoms with van der Waals surface area (Å²) in [5, 5.41) is 4.63. The predicted octanol–water partition coefficient (Wildman–Crippen LogP) is 10.4. The van der Waals surface area contributed by atoms with Gasteiger partial charge in [0, 0.05) is 38.3 Å². The van der Waals surface area contributed by atoms with Crippen LogP contribution in [0.3, 0.4) is 0 Å². The number of hydrogen-bond acceptors (Lipinski definition) is 2. The van der Waals surface area contributed by atoms with Gasteiger partial charge in [0.2, 0.25) is 5.95 Å². The van der Waals surface area contributed by atoms with Crippen LogP contribution in [0, 0.1) is 0 Å². The fraction of sp³-hybridized carbons (Fsp3) is 0.0732. The highest BCUT2D eigenvalue weighted by molar-refractivity contribution is 6.17. The molecule has 2 heterocycles. The Morgan fingerprint density at radius 3 is 1.98 bits per heavy atom. The Morgan fingerprint density at radius 2 is 1.16 bits per heavy atom. The average molecular weight is 564 g/mol. The van der Waals surface area contributed by atoms with Gasteiger partial charge in [-0.15, -0.1) is 0 Å². The van der Waals surface area contributed by atoms with Crippen molar-refractivity contribution in [1.82, 2.24) is 14.5 Å². The molecule has 9 rings (SSSR count). The van der Waals surface area contributed by atoms with Gasteiger partial charge in [-0.1, -0.05) is 147 Å². The fourth-order valence-electron chi connectivity index (χ4n) is 7.38. The molecule has 1 aliphatic carbocycles. The third kappa shape index (κ3) is 3.44. The van der Waals surface area contributed by atoms with Crippen molar-refractivity contribution in [3.63, 3.8) is 0 Å². The van der Waals surface area contributed by atoms with Crippen LogP contribution in [0.1, 0.15) is 25.0 Å². The van der Waals surface area contributed by atoms with Gasteiger partial charge in [0.15, 0.2) is 0 Å². The van der Waals surface area contributed by atoms with E-state index < -0.39 is 0 Å². The molecule has 0 unspecified atom stereocenters. The molecule has 0 saturated carbocycles. The highest BCUT2D eigenvalue weighted by Crippen LogP contribution is 2.53. The molecule has 2 aromatic heterocycles. The van der Waals surface area contributed by atoms with Crippen molar-refractivity contribution in [2.24, 2.45) is 0 Å². The minimum Gasteiger partial charge on any atom is -0.277 e. The average Bonchev–Trinajstić information content (AvgIpc) is 3.40. The molecule has 1 aliphatic rings. The van der Waals surface area contributed by atoms with Crippen LogP contribution in [0.4, 0.5) is 0 Å². The Labute approximate surface area is 256 Å². The fourth-order valence-corrected chi connectivity index (χ4v) is 7.38. The molecule has 0 bridgehead atoms. The van der Waals surface area contributed by atoms with Crippen molar-refractivity contribution in [3.8, 4) is 39.6 Å². The van der Waals surface area contributed by atoms with E-state index in [4.69, 9.17) is 9.97 Å². The van der Waals surface area contributed by atoms with Crippen LogP contribution in [0.15, 0.2) is 140 Å². The molecular formula is C41H29N3. The van der Waals surface area contributed by atoms with Gasteiger partial charge in [0.25, 0.3) is 0 Å². The summed E-state index contributed by atoms with van der Waals surface area (Å²) >= 11 is 0. The number of fused-ring (bicyclic) bond motifs is 10. The lowest BCUT2D eigenvalue weighted by molar-refractivity contribution is 0.646. The first-order chi connectivity index (χ1) is 21.6. The molecule has 0 spiro atoms. The van der Waals surface area contributed by atoms with Gasteiger partial charge < -0.3 is 0 Å². The normalized spacial score (nSPS) is 13.4. The van der Waals surface area contributed by atoms with Gasteiger partial charge in [0.1, 0.15) is 0 Å². The number of rotatable bonds is 2. The summed E-state index contributed by atoms with van der Waals surface area (Å²) in [5.74, 6) is 0.678. The van der Waals surface area contributed by atoms with Crippen molar-refractivity contribution in [3.05, 3.63) is 151 Å². The highest BCUT2D eigenvalue weighted by atomic mass is 15.2. The molecule has 3 heteroatoms. The number of aromatic nitrogens is 3. The molecule has 0 radical (unpaired) electrons. The molecule has 6 aromatic carbocycles. The smallest absolute Gasteiger partial charge is 0.235 e. The summed E-state index contributed by atoms with van der Waals surface area (Å²) in [6.07, 6.45) is 0. The number of para-hydroxylation sites is 1. The molecule has 0 saturated heterocycles. The molecule has 3 nitrogen and oxygen atoms in total. The maximum atomic E-state index is 5.43. The van der Waals surface area contributed by atoms with Gasteiger partial charge in [0.05, 0.1) is 22.4 Å². The van der Waals surface area contributed by atoms with E-state index in [2.05, 4.69) is 158 Å². The first-order valence-corrected chi connectivity index (χ1v) is 15.2. The van der Waals surface area contributed by atoms with Crippen molar-refractivity contribution in [1.29, 1.82) is 0 Å². The molecule has 44 heavy (non-hydrogen) atoms. The zero-order valence-electron chi connectivity index (χ0n) is 24.6. The molecule has 208 valence electrons. The molecule has 8 aromatic rings. The topological polar surface area (TPSA) is 30.7 Å². The Hall–Kier alpha value is -5.54. The van der Waals surface area contributed by atoms with Crippen molar-refractivity contribution in [2.45, 2.75) is 19.3 Å². The number of benzene rings is 6. The van der Waals surface area contributed by atoms with Crippen LogP contribution in [0.5, 0.6) is 0 Å². The van der Waals surface area contributed by atoms with E-state index in [1.165, 1.54) is 44.0 Å². The summed E-state index contributed by atoms with van der Waals surface area (Å²) in [6.45, 7) is 4.69. The quantitative estimate of drug-likeness (QED) is 0.209. The second-order valence-corrected chi connectivity index (χ2v) is 12.2. The Kier molecular flexibility index (Phi) is 5.24. The summed E-state index contributed by atoms with van der Waals surface area (Å²) in [7, 11) is 0. The lowest BCUT2D eigenvalue weighted by Gasteiger charge is -2.28. The van der Waals surface area contributed by atoms with Crippen LogP contribution in [0.2, 0.25) is 0 Å². The van der Waals surface area contributed by atoms with Crippen LogP contribution in [0.25, 0.3) is 72.2 Å². The molecule has 0 N–H and O–H groups in total. The van der Waals surface area contributed by atoms with E-state index in [1.54, 1.807) is 0 Å². The molecule has 0 fully saturated rings.